The van der Waals surface area contributed by atoms with Gasteiger partial charge in [-0.15, -0.1) is 11.6 Å². The number of halogens is 2. The van der Waals surface area contributed by atoms with Crippen molar-refractivity contribution in [1.29, 1.82) is 0 Å². The third kappa shape index (κ3) is 3.49. The smallest absolute Gasteiger partial charge is 0.259 e. The largest absolute Gasteiger partial charge is 0.507 e. The Morgan fingerprint density at radius 3 is 2.79 bits per heavy atom. The summed E-state index contributed by atoms with van der Waals surface area (Å²) in [6.07, 6.45) is 0. The van der Waals surface area contributed by atoms with E-state index in [1.807, 2.05) is 12.1 Å². The van der Waals surface area contributed by atoms with Crippen molar-refractivity contribution in [3.8, 4) is 5.75 Å². The molecule has 2 N–H and O–H groups in total. The number of nitrogens with one attached hydrogen (secondary N) is 1. The molecule has 0 spiro atoms. The van der Waals surface area contributed by atoms with Crippen LogP contribution < -0.4 is 5.32 Å². The second-order valence-corrected chi connectivity index (χ2v) is 5.13. The SMILES string of the molecule is O=C(Nc1cccc(CCl)c1)c1cc(Br)ccc1O. The van der Waals surface area contributed by atoms with Crippen molar-refractivity contribution in [2.75, 3.05) is 5.32 Å². The molecule has 0 heterocycles. The number of carbonyl (C=O) groups is 1. The molecule has 0 saturated heterocycles. The van der Waals surface area contributed by atoms with E-state index in [1.165, 1.54) is 6.07 Å². The van der Waals surface area contributed by atoms with Gasteiger partial charge < -0.3 is 10.4 Å². The van der Waals surface area contributed by atoms with Crippen molar-refractivity contribution in [3.63, 3.8) is 0 Å². The molecule has 0 aliphatic rings. The lowest BCUT2D eigenvalue weighted by atomic mass is 10.1. The van der Waals surface area contributed by atoms with Crippen LogP contribution in [0.15, 0.2) is 46.9 Å². The molecule has 19 heavy (non-hydrogen) atoms. The van der Waals surface area contributed by atoms with E-state index in [0.717, 1.165) is 10.0 Å². The first-order valence-corrected chi connectivity index (χ1v) is 6.87. The molecule has 0 radical (unpaired) electrons. The summed E-state index contributed by atoms with van der Waals surface area (Å²) in [6.45, 7) is 0. The van der Waals surface area contributed by atoms with Crippen LogP contribution in [-0.2, 0) is 5.88 Å². The molecule has 3 nitrogen and oxygen atoms in total. The fourth-order valence-corrected chi connectivity index (χ4v) is 2.15. The highest BCUT2D eigenvalue weighted by Gasteiger charge is 2.11. The number of phenolic OH excluding ortho intramolecular Hbond substituents is 1. The van der Waals surface area contributed by atoms with Gasteiger partial charge in [0.25, 0.3) is 5.91 Å². The summed E-state index contributed by atoms with van der Waals surface area (Å²) in [5.74, 6) is -0.0500. The predicted octanol–water partition coefficient (Wildman–Crippen LogP) is 4.15. The van der Waals surface area contributed by atoms with E-state index in [1.54, 1.807) is 24.3 Å². The molecule has 2 rings (SSSR count). The lowest BCUT2D eigenvalue weighted by Gasteiger charge is -2.08. The number of rotatable bonds is 3. The van der Waals surface area contributed by atoms with Gasteiger partial charge in [-0.1, -0.05) is 28.1 Å². The minimum absolute atomic E-state index is 0.0609. The summed E-state index contributed by atoms with van der Waals surface area (Å²) in [5, 5.41) is 12.4. The van der Waals surface area contributed by atoms with Crippen LogP contribution in [0.2, 0.25) is 0 Å². The Morgan fingerprint density at radius 1 is 1.26 bits per heavy atom. The Labute approximate surface area is 124 Å². The lowest BCUT2D eigenvalue weighted by Crippen LogP contribution is -2.12. The molecule has 98 valence electrons. The van der Waals surface area contributed by atoms with Gasteiger partial charge in [0.2, 0.25) is 0 Å². The maximum Gasteiger partial charge on any atom is 0.259 e. The highest BCUT2D eigenvalue weighted by atomic mass is 79.9. The van der Waals surface area contributed by atoms with Crippen molar-refractivity contribution in [3.05, 3.63) is 58.1 Å². The molecule has 2 aromatic rings. The van der Waals surface area contributed by atoms with E-state index in [0.29, 0.717) is 11.6 Å². The van der Waals surface area contributed by atoms with Crippen molar-refractivity contribution in [1.82, 2.24) is 0 Å². The molecule has 0 bridgehead atoms. The van der Waals surface area contributed by atoms with Gasteiger partial charge >= 0.3 is 0 Å². The van der Waals surface area contributed by atoms with Crippen molar-refractivity contribution in [2.24, 2.45) is 0 Å². The molecule has 0 atom stereocenters. The Kier molecular flexibility index (Phi) is 4.45. The summed E-state index contributed by atoms with van der Waals surface area (Å²) in [5.41, 5.74) is 1.77. The van der Waals surface area contributed by atoms with Gasteiger partial charge in [-0.25, -0.2) is 0 Å². The molecule has 0 aliphatic heterocycles. The van der Waals surface area contributed by atoms with Crippen LogP contribution in [0.3, 0.4) is 0 Å². The summed E-state index contributed by atoms with van der Waals surface area (Å²) in [6, 6.07) is 11.9. The van der Waals surface area contributed by atoms with Crippen LogP contribution in [-0.4, -0.2) is 11.0 Å². The molecule has 1 amide bonds. The number of aromatic hydroxyl groups is 1. The number of amides is 1. The van der Waals surface area contributed by atoms with Crippen LogP contribution in [0, 0.1) is 0 Å². The monoisotopic (exact) mass is 339 g/mol. The number of hydrogen-bond acceptors (Lipinski definition) is 2. The summed E-state index contributed by atoms with van der Waals surface area (Å²) in [7, 11) is 0. The number of anilines is 1. The molecule has 5 heteroatoms. The second-order valence-electron chi connectivity index (χ2n) is 3.95. The Hall–Kier alpha value is -1.52. The summed E-state index contributed by atoms with van der Waals surface area (Å²) >= 11 is 9.00. The van der Waals surface area contributed by atoms with Gasteiger partial charge in [0.1, 0.15) is 5.75 Å². The first kappa shape index (κ1) is 13.9. The maximum atomic E-state index is 12.1. The summed E-state index contributed by atoms with van der Waals surface area (Å²) < 4.78 is 0.727. The Bertz CT molecular complexity index is 616. The summed E-state index contributed by atoms with van der Waals surface area (Å²) in [4.78, 5) is 12.1. The highest BCUT2D eigenvalue weighted by Crippen LogP contribution is 2.23. The van der Waals surface area contributed by atoms with E-state index in [9.17, 15) is 9.90 Å². The van der Waals surface area contributed by atoms with Crippen LogP contribution in [0.5, 0.6) is 5.75 Å². The minimum atomic E-state index is -0.370. The molecule has 0 unspecified atom stereocenters. The normalized spacial score (nSPS) is 10.2. The zero-order valence-electron chi connectivity index (χ0n) is 9.86. The van der Waals surface area contributed by atoms with Crippen molar-refractivity contribution >= 4 is 39.1 Å². The van der Waals surface area contributed by atoms with E-state index < -0.39 is 0 Å². The van der Waals surface area contributed by atoms with Gasteiger partial charge in [-0.05, 0) is 35.9 Å². The van der Waals surface area contributed by atoms with E-state index >= 15 is 0 Å². The fraction of sp³-hybridized carbons (Fsp3) is 0.0714. The molecule has 0 aromatic heterocycles. The third-order valence-electron chi connectivity index (χ3n) is 2.54. The zero-order valence-corrected chi connectivity index (χ0v) is 12.2. The molecule has 0 aliphatic carbocycles. The van der Waals surface area contributed by atoms with Crippen molar-refractivity contribution < 1.29 is 9.90 Å². The third-order valence-corrected chi connectivity index (χ3v) is 3.34. The first-order valence-electron chi connectivity index (χ1n) is 5.55. The minimum Gasteiger partial charge on any atom is -0.507 e. The quantitative estimate of drug-likeness (QED) is 0.825. The average molecular weight is 341 g/mol. The predicted molar refractivity (Wildman–Crippen MR) is 79.8 cm³/mol. The Morgan fingerprint density at radius 2 is 2.05 bits per heavy atom. The van der Waals surface area contributed by atoms with Gasteiger partial charge in [-0.2, -0.15) is 0 Å². The van der Waals surface area contributed by atoms with E-state index in [2.05, 4.69) is 21.2 Å². The number of hydrogen-bond donors (Lipinski definition) is 2. The average Bonchev–Trinajstić information content (AvgIpc) is 2.41. The van der Waals surface area contributed by atoms with Gasteiger partial charge in [0.05, 0.1) is 5.56 Å². The molecular formula is C14H11BrClNO2. The van der Waals surface area contributed by atoms with Gasteiger partial charge in [0.15, 0.2) is 0 Å². The lowest BCUT2D eigenvalue weighted by molar-refractivity contribution is 0.102. The van der Waals surface area contributed by atoms with Crippen LogP contribution >= 0.6 is 27.5 Å². The van der Waals surface area contributed by atoms with E-state index in [-0.39, 0.29) is 17.2 Å². The van der Waals surface area contributed by atoms with Crippen LogP contribution in [0.25, 0.3) is 0 Å². The van der Waals surface area contributed by atoms with E-state index in [4.69, 9.17) is 11.6 Å². The standard InChI is InChI=1S/C14H11BrClNO2/c15-10-4-5-13(18)12(7-10)14(19)17-11-3-1-2-9(6-11)8-16/h1-7,18H,8H2,(H,17,19). The number of benzene rings is 2. The molecule has 0 fully saturated rings. The van der Waals surface area contributed by atoms with Crippen LogP contribution in [0.4, 0.5) is 5.69 Å². The molecular weight excluding hydrogens is 330 g/mol. The number of phenols is 1. The topological polar surface area (TPSA) is 49.3 Å². The first-order chi connectivity index (χ1) is 9.10. The Balaban J connectivity index is 2.23. The zero-order chi connectivity index (χ0) is 13.8. The number of carbonyl (C=O) groups excluding carboxylic acids is 1. The molecule has 2 aromatic carbocycles. The van der Waals surface area contributed by atoms with Crippen molar-refractivity contribution in [2.45, 2.75) is 5.88 Å². The molecule has 0 saturated carbocycles. The van der Waals surface area contributed by atoms with Gasteiger partial charge in [-0.3, -0.25) is 4.79 Å². The second kappa shape index (κ2) is 6.08. The maximum absolute atomic E-state index is 12.1. The number of alkyl halides is 1. The van der Waals surface area contributed by atoms with Gasteiger partial charge in [0, 0.05) is 16.0 Å². The highest BCUT2D eigenvalue weighted by molar-refractivity contribution is 9.10. The van der Waals surface area contributed by atoms with Crippen LogP contribution in [0.1, 0.15) is 15.9 Å². The fourth-order valence-electron chi connectivity index (χ4n) is 1.62.